The second-order valence-corrected chi connectivity index (χ2v) is 5.48. The molecule has 0 saturated carbocycles. The number of esters is 1. The van der Waals surface area contributed by atoms with Gasteiger partial charge in [-0.1, -0.05) is 12.1 Å². The van der Waals surface area contributed by atoms with E-state index in [9.17, 15) is 14.4 Å². The summed E-state index contributed by atoms with van der Waals surface area (Å²) in [7, 11) is 0. The van der Waals surface area contributed by atoms with Gasteiger partial charge in [-0.2, -0.15) is 0 Å². The number of aromatic amines is 1. The van der Waals surface area contributed by atoms with Crippen molar-refractivity contribution in [1.29, 1.82) is 0 Å². The summed E-state index contributed by atoms with van der Waals surface area (Å²) in [6.07, 6.45) is 0.183. The zero-order valence-electron chi connectivity index (χ0n) is 14.0. The Morgan fingerprint density at radius 2 is 1.77 bits per heavy atom. The van der Waals surface area contributed by atoms with E-state index < -0.39 is 11.8 Å². The minimum absolute atomic E-state index is 0.183. The number of oxazole rings is 1. The Labute approximate surface area is 148 Å². The van der Waals surface area contributed by atoms with Crippen molar-refractivity contribution in [2.24, 2.45) is 0 Å². The first-order chi connectivity index (χ1) is 12.5. The Kier molecular flexibility index (Phi) is 5.02. The molecule has 1 aromatic heterocycles. The van der Waals surface area contributed by atoms with E-state index in [1.807, 2.05) is 0 Å². The maximum absolute atomic E-state index is 12.1. The summed E-state index contributed by atoms with van der Waals surface area (Å²) < 4.78 is 9.84. The van der Waals surface area contributed by atoms with Crippen molar-refractivity contribution in [3.63, 3.8) is 0 Å². The van der Waals surface area contributed by atoms with Crippen LogP contribution in [0, 0.1) is 0 Å². The summed E-state index contributed by atoms with van der Waals surface area (Å²) in [5.74, 6) is -0.845. The van der Waals surface area contributed by atoms with E-state index in [0.717, 1.165) is 5.56 Å². The second-order valence-electron chi connectivity index (χ2n) is 5.48. The Morgan fingerprint density at radius 3 is 2.50 bits per heavy atom. The van der Waals surface area contributed by atoms with E-state index in [1.54, 1.807) is 49.4 Å². The number of benzene rings is 2. The summed E-state index contributed by atoms with van der Waals surface area (Å²) in [5.41, 5.74) is 2.76. The molecule has 0 saturated heterocycles. The zero-order valence-corrected chi connectivity index (χ0v) is 14.0. The predicted molar refractivity (Wildman–Crippen MR) is 96.3 cm³/mol. The molecule has 0 aliphatic heterocycles. The Balaban J connectivity index is 1.60. The summed E-state index contributed by atoms with van der Waals surface area (Å²) >= 11 is 0. The highest BCUT2D eigenvalue weighted by Crippen LogP contribution is 2.17. The van der Waals surface area contributed by atoms with Gasteiger partial charge in [0, 0.05) is 17.4 Å². The highest BCUT2D eigenvalue weighted by molar-refractivity contribution is 6.00. The van der Waals surface area contributed by atoms with E-state index in [-0.39, 0.29) is 12.4 Å². The monoisotopic (exact) mass is 355 g/mol. The summed E-state index contributed by atoms with van der Waals surface area (Å²) in [6, 6.07) is 11.3. The topological polar surface area (TPSA) is 113 Å². The van der Waals surface area contributed by atoms with Gasteiger partial charge in [0.25, 0.3) is 0 Å². The third-order valence-corrected chi connectivity index (χ3v) is 3.54. The number of amides is 2. The average molecular weight is 355 g/mol. The van der Waals surface area contributed by atoms with Crippen LogP contribution in [0.25, 0.3) is 11.1 Å². The van der Waals surface area contributed by atoms with Crippen molar-refractivity contribution in [3.05, 3.63) is 58.6 Å². The van der Waals surface area contributed by atoms with Gasteiger partial charge in [-0.05, 0) is 36.8 Å². The molecular formula is C18H17N3O5. The molecule has 0 atom stereocenters. The van der Waals surface area contributed by atoms with Crippen LogP contribution in [-0.4, -0.2) is 23.6 Å². The third kappa shape index (κ3) is 4.29. The number of hydrogen-bond acceptors (Lipinski definition) is 5. The Hall–Kier alpha value is -3.55. The van der Waals surface area contributed by atoms with Gasteiger partial charge in [0.1, 0.15) is 0 Å². The van der Waals surface area contributed by atoms with Crippen molar-refractivity contribution in [1.82, 2.24) is 4.98 Å². The number of ether oxygens (including phenoxy) is 1. The first-order valence-corrected chi connectivity index (χ1v) is 7.99. The first-order valence-electron chi connectivity index (χ1n) is 7.99. The van der Waals surface area contributed by atoms with Gasteiger partial charge < -0.3 is 19.8 Å². The lowest BCUT2D eigenvalue weighted by atomic mass is 10.1. The van der Waals surface area contributed by atoms with E-state index in [0.29, 0.717) is 29.1 Å². The largest absolute Gasteiger partial charge is 0.466 e. The number of H-pyrrole nitrogens is 1. The molecule has 0 fully saturated rings. The molecule has 0 spiro atoms. The summed E-state index contributed by atoms with van der Waals surface area (Å²) in [4.78, 5) is 37.2. The standard InChI is InChI=1S/C18H17N3O5/c1-2-25-16(22)9-11-3-5-12(6-4-11)19-17(23)20-13-7-8-14-15(10-13)26-18(24)21-14/h3-8,10H,2,9H2,1H3,(H,21,24)(H2,19,20,23). The van der Waals surface area contributed by atoms with Gasteiger partial charge in [-0.15, -0.1) is 0 Å². The smallest absolute Gasteiger partial charge is 0.417 e. The van der Waals surface area contributed by atoms with Gasteiger partial charge >= 0.3 is 17.8 Å². The molecule has 0 bridgehead atoms. The fraction of sp³-hybridized carbons (Fsp3) is 0.167. The van der Waals surface area contributed by atoms with E-state index >= 15 is 0 Å². The molecule has 3 rings (SSSR count). The Morgan fingerprint density at radius 1 is 1.08 bits per heavy atom. The number of carbonyl (C=O) groups excluding carboxylic acids is 2. The van der Waals surface area contributed by atoms with Crippen LogP contribution in [-0.2, 0) is 16.0 Å². The average Bonchev–Trinajstić information content (AvgIpc) is 2.96. The Bertz CT molecular complexity index is 988. The van der Waals surface area contributed by atoms with Gasteiger partial charge in [-0.3, -0.25) is 9.78 Å². The summed E-state index contributed by atoms with van der Waals surface area (Å²) in [5, 5.41) is 5.34. The minimum atomic E-state index is -0.551. The molecule has 0 aliphatic carbocycles. The molecule has 2 aromatic carbocycles. The van der Waals surface area contributed by atoms with Crippen LogP contribution in [0.15, 0.2) is 51.7 Å². The minimum Gasteiger partial charge on any atom is -0.466 e. The first kappa shape index (κ1) is 17.3. The maximum atomic E-state index is 12.1. The number of urea groups is 1. The van der Waals surface area contributed by atoms with E-state index in [1.165, 1.54) is 0 Å². The van der Waals surface area contributed by atoms with Crippen molar-refractivity contribution in [2.75, 3.05) is 17.2 Å². The zero-order chi connectivity index (χ0) is 18.5. The van der Waals surface area contributed by atoms with Crippen molar-refractivity contribution >= 4 is 34.5 Å². The number of nitrogens with one attached hydrogen (secondary N) is 3. The lowest BCUT2D eigenvalue weighted by Gasteiger charge is -2.08. The van der Waals surface area contributed by atoms with Crippen LogP contribution in [0.1, 0.15) is 12.5 Å². The molecule has 8 heteroatoms. The van der Waals surface area contributed by atoms with Crippen LogP contribution in [0.2, 0.25) is 0 Å². The van der Waals surface area contributed by atoms with Gasteiger partial charge in [0.2, 0.25) is 0 Å². The number of anilines is 2. The summed E-state index contributed by atoms with van der Waals surface area (Å²) in [6.45, 7) is 2.10. The van der Waals surface area contributed by atoms with Crippen LogP contribution < -0.4 is 16.4 Å². The third-order valence-electron chi connectivity index (χ3n) is 3.54. The quantitative estimate of drug-likeness (QED) is 0.609. The molecule has 1 heterocycles. The maximum Gasteiger partial charge on any atom is 0.417 e. The molecular weight excluding hydrogens is 338 g/mol. The van der Waals surface area contributed by atoms with Gasteiger partial charge in [0.05, 0.1) is 18.5 Å². The fourth-order valence-corrected chi connectivity index (χ4v) is 2.40. The molecule has 0 radical (unpaired) electrons. The van der Waals surface area contributed by atoms with Crippen molar-refractivity contribution in [2.45, 2.75) is 13.3 Å². The number of hydrogen-bond donors (Lipinski definition) is 3. The highest BCUT2D eigenvalue weighted by atomic mass is 16.5. The molecule has 134 valence electrons. The fourth-order valence-electron chi connectivity index (χ4n) is 2.40. The van der Waals surface area contributed by atoms with Gasteiger partial charge in [0.15, 0.2) is 5.58 Å². The number of carbonyl (C=O) groups is 2. The SMILES string of the molecule is CCOC(=O)Cc1ccc(NC(=O)Nc2ccc3[nH]c(=O)oc3c2)cc1. The highest BCUT2D eigenvalue weighted by Gasteiger charge is 2.07. The molecule has 2 amide bonds. The second kappa shape index (κ2) is 7.56. The lowest BCUT2D eigenvalue weighted by Crippen LogP contribution is -2.19. The number of aromatic nitrogens is 1. The van der Waals surface area contributed by atoms with Crippen molar-refractivity contribution in [3.8, 4) is 0 Å². The molecule has 8 nitrogen and oxygen atoms in total. The van der Waals surface area contributed by atoms with Crippen LogP contribution in [0.3, 0.4) is 0 Å². The molecule has 0 unspecified atom stereocenters. The molecule has 3 aromatic rings. The number of rotatable bonds is 5. The van der Waals surface area contributed by atoms with Crippen molar-refractivity contribution < 1.29 is 18.7 Å². The molecule has 0 aliphatic rings. The normalized spacial score (nSPS) is 10.5. The predicted octanol–water partition coefficient (Wildman–Crippen LogP) is 2.87. The lowest BCUT2D eigenvalue weighted by molar-refractivity contribution is -0.142. The van der Waals surface area contributed by atoms with E-state index in [2.05, 4.69) is 15.6 Å². The van der Waals surface area contributed by atoms with Crippen LogP contribution in [0.4, 0.5) is 16.2 Å². The molecule has 3 N–H and O–H groups in total. The van der Waals surface area contributed by atoms with Crippen LogP contribution in [0.5, 0.6) is 0 Å². The van der Waals surface area contributed by atoms with Gasteiger partial charge in [-0.25, -0.2) is 9.59 Å². The number of fused-ring (bicyclic) bond motifs is 1. The van der Waals surface area contributed by atoms with Crippen LogP contribution >= 0.6 is 0 Å². The van der Waals surface area contributed by atoms with E-state index in [4.69, 9.17) is 9.15 Å². The molecule has 26 heavy (non-hydrogen) atoms.